The normalized spacial score (nSPS) is 9.88. The van der Waals surface area contributed by atoms with Crippen molar-refractivity contribution in [2.75, 3.05) is 0 Å². The number of thiophene rings is 1. The van der Waals surface area contributed by atoms with Crippen LogP contribution in [0.15, 0.2) is 14.7 Å². The quantitative estimate of drug-likeness (QED) is 0.623. The summed E-state index contributed by atoms with van der Waals surface area (Å²) in [5.41, 5.74) is 0. The maximum atomic E-state index is 4.16. The molecule has 8 heavy (non-hydrogen) atoms. The van der Waals surface area contributed by atoms with Gasteiger partial charge in [0, 0.05) is 9.35 Å². The number of hydrogen-bond donors (Lipinski definition) is 1. The van der Waals surface area contributed by atoms with Gasteiger partial charge in [0.25, 0.3) is 0 Å². The molecular weight excluding hydrogens is 204 g/mol. The fourth-order valence-corrected chi connectivity index (χ4v) is 2.43. The molecule has 0 aromatic carbocycles. The summed E-state index contributed by atoms with van der Waals surface area (Å²) >= 11 is 9.23. The highest BCUT2D eigenvalue weighted by atomic mass is 79.9. The second kappa shape index (κ2) is 2.42. The first-order valence-electron chi connectivity index (χ1n) is 2.15. The van der Waals surface area contributed by atoms with E-state index >= 15 is 0 Å². The average molecular weight is 209 g/mol. The molecule has 0 fully saturated rings. The molecule has 0 aliphatic heterocycles. The predicted octanol–water partition coefficient (Wildman–Crippen LogP) is 3.11. The Morgan fingerprint density at radius 1 is 1.75 bits per heavy atom. The zero-order valence-electron chi connectivity index (χ0n) is 4.31. The molecule has 0 nitrogen and oxygen atoms in total. The van der Waals surface area contributed by atoms with Gasteiger partial charge in [0.05, 0.1) is 4.21 Å². The van der Waals surface area contributed by atoms with Crippen molar-refractivity contribution in [2.24, 2.45) is 0 Å². The lowest BCUT2D eigenvalue weighted by Crippen LogP contribution is -1.53. The fraction of sp³-hybridized carbons (Fsp3) is 0.200. The van der Waals surface area contributed by atoms with Crippen molar-refractivity contribution in [3.63, 3.8) is 0 Å². The Bertz CT molecular complexity index is 173. The van der Waals surface area contributed by atoms with Crippen molar-refractivity contribution in [3.05, 3.63) is 15.4 Å². The van der Waals surface area contributed by atoms with E-state index in [1.165, 1.54) is 4.88 Å². The number of hydrogen-bond acceptors (Lipinski definition) is 2. The van der Waals surface area contributed by atoms with E-state index in [0.717, 1.165) is 8.68 Å². The highest BCUT2D eigenvalue weighted by Gasteiger charge is 1.96. The van der Waals surface area contributed by atoms with E-state index in [2.05, 4.69) is 35.5 Å². The summed E-state index contributed by atoms with van der Waals surface area (Å²) < 4.78 is 2.22. The molecule has 0 aliphatic rings. The molecule has 0 aliphatic carbocycles. The van der Waals surface area contributed by atoms with Gasteiger partial charge in [-0.2, -0.15) is 0 Å². The molecule has 1 aromatic heterocycles. The van der Waals surface area contributed by atoms with Gasteiger partial charge in [-0.15, -0.1) is 24.0 Å². The van der Waals surface area contributed by atoms with Gasteiger partial charge in [0.15, 0.2) is 0 Å². The van der Waals surface area contributed by atoms with Crippen LogP contribution in [0.3, 0.4) is 0 Å². The number of aryl methyl sites for hydroxylation is 1. The maximum Gasteiger partial charge on any atom is 0.0582 e. The van der Waals surface area contributed by atoms with E-state index in [9.17, 15) is 0 Å². The van der Waals surface area contributed by atoms with Gasteiger partial charge in [0.1, 0.15) is 0 Å². The number of rotatable bonds is 0. The summed E-state index contributed by atoms with van der Waals surface area (Å²) in [6.45, 7) is 2.06. The summed E-state index contributed by atoms with van der Waals surface area (Å²) in [4.78, 5) is 1.29. The third kappa shape index (κ3) is 1.27. The second-order valence-corrected chi connectivity index (χ2v) is 4.38. The van der Waals surface area contributed by atoms with Gasteiger partial charge in [-0.05, 0) is 28.9 Å². The molecule has 0 bridgehead atoms. The van der Waals surface area contributed by atoms with Crippen LogP contribution in [0.5, 0.6) is 0 Å². The molecule has 1 aromatic rings. The molecule has 0 unspecified atom stereocenters. The molecule has 1 rings (SSSR count). The Morgan fingerprint density at radius 2 is 2.38 bits per heavy atom. The molecule has 3 heteroatoms. The first-order chi connectivity index (χ1) is 3.70. The topological polar surface area (TPSA) is 0 Å². The monoisotopic (exact) mass is 208 g/mol. The molecule has 0 amide bonds. The van der Waals surface area contributed by atoms with Gasteiger partial charge < -0.3 is 0 Å². The third-order valence-electron chi connectivity index (χ3n) is 0.844. The van der Waals surface area contributed by atoms with Crippen LogP contribution in [0.2, 0.25) is 0 Å². The Morgan fingerprint density at radius 3 is 2.50 bits per heavy atom. The minimum Gasteiger partial charge on any atom is -0.133 e. The standard InChI is InChI=1S/C5H5BrS2/c1-3-4(6)2-5(7)8-3/h2,7H,1H3. The Kier molecular flexibility index (Phi) is 2.01. The molecule has 0 atom stereocenters. The van der Waals surface area contributed by atoms with Crippen LogP contribution < -0.4 is 0 Å². The molecule has 0 N–H and O–H groups in total. The Balaban J connectivity index is 3.14. The summed E-state index contributed by atoms with van der Waals surface area (Å²) in [7, 11) is 0. The summed E-state index contributed by atoms with van der Waals surface area (Å²) in [5.74, 6) is 0. The van der Waals surface area contributed by atoms with E-state index in [0.29, 0.717) is 0 Å². The molecule has 0 spiro atoms. The van der Waals surface area contributed by atoms with Crippen LogP contribution in [0.1, 0.15) is 4.88 Å². The van der Waals surface area contributed by atoms with Gasteiger partial charge in [-0.1, -0.05) is 0 Å². The van der Waals surface area contributed by atoms with E-state index in [-0.39, 0.29) is 0 Å². The second-order valence-electron chi connectivity index (χ2n) is 1.49. The van der Waals surface area contributed by atoms with Crippen LogP contribution in [-0.2, 0) is 0 Å². The van der Waals surface area contributed by atoms with Crippen molar-refractivity contribution in [1.29, 1.82) is 0 Å². The van der Waals surface area contributed by atoms with Crippen molar-refractivity contribution in [1.82, 2.24) is 0 Å². The minimum atomic E-state index is 1.06. The van der Waals surface area contributed by atoms with Crippen LogP contribution in [0.4, 0.5) is 0 Å². The van der Waals surface area contributed by atoms with E-state index in [4.69, 9.17) is 0 Å². The molecule has 0 saturated carbocycles. The molecule has 0 radical (unpaired) electrons. The zero-order chi connectivity index (χ0) is 6.15. The summed E-state index contributed by atoms with van der Waals surface area (Å²) in [6.07, 6.45) is 0. The lowest BCUT2D eigenvalue weighted by Gasteiger charge is -1.77. The van der Waals surface area contributed by atoms with E-state index in [1.807, 2.05) is 6.07 Å². The lowest BCUT2D eigenvalue weighted by atomic mass is 10.5. The van der Waals surface area contributed by atoms with Gasteiger partial charge in [-0.3, -0.25) is 0 Å². The highest BCUT2D eigenvalue weighted by Crippen LogP contribution is 2.28. The van der Waals surface area contributed by atoms with Crippen LogP contribution in [0.25, 0.3) is 0 Å². The number of thiol groups is 1. The summed E-state index contributed by atoms with van der Waals surface area (Å²) in [5, 5.41) is 0. The van der Waals surface area contributed by atoms with Gasteiger partial charge in [0.2, 0.25) is 0 Å². The fourth-order valence-electron chi connectivity index (χ4n) is 0.445. The number of halogens is 1. The third-order valence-corrected chi connectivity index (χ3v) is 3.19. The zero-order valence-corrected chi connectivity index (χ0v) is 7.61. The van der Waals surface area contributed by atoms with Crippen molar-refractivity contribution >= 4 is 39.9 Å². The van der Waals surface area contributed by atoms with Gasteiger partial charge >= 0.3 is 0 Å². The Labute approximate surface area is 66.5 Å². The molecule has 44 valence electrons. The molecular formula is C5H5BrS2. The predicted molar refractivity (Wildman–Crippen MR) is 44.0 cm³/mol. The summed E-state index contributed by atoms with van der Waals surface area (Å²) in [6, 6.07) is 2.00. The SMILES string of the molecule is Cc1sc(S)cc1Br. The van der Waals surface area contributed by atoms with E-state index in [1.54, 1.807) is 11.3 Å². The molecule has 0 saturated heterocycles. The van der Waals surface area contributed by atoms with Crippen LogP contribution in [-0.4, -0.2) is 0 Å². The highest BCUT2D eigenvalue weighted by molar-refractivity contribution is 9.10. The lowest BCUT2D eigenvalue weighted by molar-refractivity contribution is 1.57. The Hall–Kier alpha value is 0.530. The molecule has 1 heterocycles. The van der Waals surface area contributed by atoms with Crippen molar-refractivity contribution in [2.45, 2.75) is 11.1 Å². The van der Waals surface area contributed by atoms with Crippen LogP contribution >= 0.6 is 39.9 Å². The van der Waals surface area contributed by atoms with E-state index < -0.39 is 0 Å². The van der Waals surface area contributed by atoms with Crippen molar-refractivity contribution in [3.8, 4) is 0 Å². The van der Waals surface area contributed by atoms with Gasteiger partial charge in [-0.25, -0.2) is 0 Å². The smallest absolute Gasteiger partial charge is 0.0582 e. The van der Waals surface area contributed by atoms with Crippen molar-refractivity contribution < 1.29 is 0 Å². The first kappa shape index (κ1) is 6.65. The van der Waals surface area contributed by atoms with Crippen LogP contribution in [0, 0.1) is 6.92 Å². The average Bonchev–Trinajstić information content (AvgIpc) is 1.85. The maximum absolute atomic E-state index is 4.16. The largest absolute Gasteiger partial charge is 0.133 e. The first-order valence-corrected chi connectivity index (χ1v) is 4.20. The minimum absolute atomic E-state index is 1.06.